The van der Waals surface area contributed by atoms with Crippen LogP contribution in [-0.2, 0) is 0 Å². The highest BCUT2D eigenvalue weighted by Gasteiger charge is 2.30. The van der Waals surface area contributed by atoms with Crippen LogP contribution in [0.25, 0.3) is 0 Å². The highest BCUT2D eigenvalue weighted by Crippen LogP contribution is 2.36. The van der Waals surface area contributed by atoms with E-state index in [2.05, 4.69) is 11.8 Å². The van der Waals surface area contributed by atoms with Crippen molar-refractivity contribution in [2.24, 2.45) is 5.73 Å². The molecule has 94 valence electrons. The van der Waals surface area contributed by atoms with Crippen LogP contribution < -0.4 is 10.6 Å². The van der Waals surface area contributed by atoms with Crippen molar-refractivity contribution in [1.29, 1.82) is 0 Å². The molecule has 2 rings (SSSR count). The van der Waals surface area contributed by atoms with Crippen molar-refractivity contribution in [3.05, 3.63) is 29.1 Å². The minimum absolute atomic E-state index is 0.132. The Morgan fingerprint density at radius 3 is 2.59 bits per heavy atom. The van der Waals surface area contributed by atoms with E-state index in [9.17, 15) is 4.39 Å². The zero-order chi connectivity index (χ0) is 12.6. The Kier molecular flexibility index (Phi) is 3.38. The van der Waals surface area contributed by atoms with Crippen LogP contribution in [0.5, 0.6) is 0 Å². The summed E-state index contributed by atoms with van der Waals surface area (Å²) < 4.78 is 13.6. The first-order chi connectivity index (χ1) is 8.04. The molecule has 1 saturated carbocycles. The third kappa shape index (κ3) is 2.44. The SMILES string of the molecule is CCN(c1cc(C)c(F)cc1[C@H](C)N)C1CC1. The van der Waals surface area contributed by atoms with Gasteiger partial charge in [-0.05, 0) is 56.9 Å². The summed E-state index contributed by atoms with van der Waals surface area (Å²) in [6.07, 6.45) is 2.48. The standard InChI is InChI=1S/C14H21FN2/c1-4-17(11-5-6-11)14-7-9(2)13(15)8-12(14)10(3)16/h7-8,10-11H,4-6,16H2,1-3H3/t10-/m0/s1. The smallest absolute Gasteiger partial charge is 0.126 e. The molecule has 0 spiro atoms. The second-order valence-corrected chi connectivity index (χ2v) is 4.97. The van der Waals surface area contributed by atoms with E-state index in [4.69, 9.17) is 5.73 Å². The number of aryl methyl sites for hydroxylation is 1. The van der Waals surface area contributed by atoms with Crippen LogP contribution in [0.4, 0.5) is 10.1 Å². The Labute approximate surface area is 103 Å². The van der Waals surface area contributed by atoms with E-state index in [1.807, 2.05) is 19.9 Å². The highest BCUT2D eigenvalue weighted by atomic mass is 19.1. The maximum Gasteiger partial charge on any atom is 0.126 e. The molecule has 1 aromatic rings. The van der Waals surface area contributed by atoms with Crippen LogP contribution in [0, 0.1) is 12.7 Å². The number of nitrogens with two attached hydrogens (primary N) is 1. The first-order valence-electron chi connectivity index (χ1n) is 6.36. The van der Waals surface area contributed by atoms with Crippen molar-refractivity contribution in [3.63, 3.8) is 0 Å². The van der Waals surface area contributed by atoms with Crippen molar-refractivity contribution in [2.45, 2.75) is 45.7 Å². The molecule has 1 aliphatic carbocycles. The molecule has 0 aromatic heterocycles. The van der Waals surface area contributed by atoms with Gasteiger partial charge in [0.25, 0.3) is 0 Å². The van der Waals surface area contributed by atoms with Crippen molar-refractivity contribution in [2.75, 3.05) is 11.4 Å². The minimum atomic E-state index is -0.159. The van der Waals surface area contributed by atoms with E-state index >= 15 is 0 Å². The number of nitrogens with zero attached hydrogens (tertiary/aromatic N) is 1. The van der Waals surface area contributed by atoms with E-state index < -0.39 is 0 Å². The monoisotopic (exact) mass is 236 g/mol. The fourth-order valence-corrected chi connectivity index (χ4v) is 2.31. The Hall–Kier alpha value is -1.09. The summed E-state index contributed by atoms with van der Waals surface area (Å²) in [5, 5.41) is 0. The molecule has 2 N–H and O–H groups in total. The lowest BCUT2D eigenvalue weighted by Gasteiger charge is -2.27. The Balaban J connectivity index is 2.45. The third-order valence-corrected chi connectivity index (χ3v) is 3.44. The normalized spacial score (nSPS) is 17.0. The van der Waals surface area contributed by atoms with Crippen molar-refractivity contribution >= 4 is 5.69 Å². The second-order valence-electron chi connectivity index (χ2n) is 4.97. The van der Waals surface area contributed by atoms with Crippen LogP contribution in [0.1, 0.15) is 43.9 Å². The highest BCUT2D eigenvalue weighted by molar-refractivity contribution is 5.58. The predicted molar refractivity (Wildman–Crippen MR) is 69.8 cm³/mol. The maximum absolute atomic E-state index is 13.6. The van der Waals surface area contributed by atoms with Crippen LogP contribution in [0.15, 0.2) is 12.1 Å². The zero-order valence-electron chi connectivity index (χ0n) is 10.8. The van der Waals surface area contributed by atoms with Gasteiger partial charge in [0.05, 0.1) is 0 Å². The molecule has 1 aromatic carbocycles. The Morgan fingerprint density at radius 2 is 2.12 bits per heavy atom. The van der Waals surface area contributed by atoms with Crippen LogP contribution in [-0.4, -0.2) is 12.6 Å². The van der Waals surface area contributed by atoms with Crippen LogP contribution >= 0.6 is 0 Å². The number of hydrogen-bond donors (Lipinski definition) is 1. The van der Waals surface area contributed by atoms with Crippen LogP contribution in [0.3, 0.4) is 0 Å². The summed E-state index contributed by atoms with van der Waals surface area (Å²) in [6, 6.07) is 4.03. The van der Waals surface area contributed by atoms with Gasteiger partial charge in [-0.3, -0.25) is 0 Å². The zero-order valence-corrected chi connectivity index (χ0v) is 10.8. The van der Waals surface area contributed by atoms with Gasteiger partial charge in [-0.2, -0.15) is 0 Å². The van der Waals surface area contributed by atoms with Gasteiger partial charge in [0, 0.05) is 24.3 Å². The van der Waals surface area contributed by atoms with Crippen molar-refractivity contribution in [3.8, 4) is 0 Å². The average molecular weight is 236 g/mol. The predicted octanol–water partition coefficient (Wildman–Crippen LogP) is 3.14. The van der Waals surface area contributed by atoms with Crippen molar-refractivity contribution in [1.82, 2.24) is 0 Å². The summed E-state index contributed by atoms with van der Waals surface area (Å²) in [5.41, 5.74) is 8.68. The molecule has 17 heavy (non-hydrogen) atoms. The largest absolute Gasteiger partial charge is 0.369 e. The molecule has 0 bridgehead atoms. The summed E-state index contributed by atoms with van der Waals surface area (Å²) >= 11 is 0. The average Bonchev–Trinajstić information content (AvgIpc) is 3.07. The molecule has 3 heteroatoms. The number of anilines is 1. The van der Waals surface area contributed by atoms with Gasteiger partial charge in [-0.1, -0.05) is 0 Å². The molecule has 0 unspecified atom stereocenters. The first-order valence-corrected chi connectivity index (χ1v) is 6.36. The van der Waals surface area contributed by atoms with Gasteiger partial charge in [0.2, 0.25) is 0 Å². The molecular formula is C14H21FN2. The number of rotatable bonds is 4. The Bertz CT molecular complexity index is 411. The van der Waals surface area contributed by atoms with Gasteiger partial charge in [-0.15, -0.1) is 0 Å². The van der Waals surface area contributed by atoms with Gasteiger partial charge in [0.1, 0.15) is 5.82 Å². The molecule has 2 nitrogen and oxygen atoms in total. The number of benzene rings is 1. The van der Waals surface area contributed by atoms with Crippen LogP contribution in [0.2, 0.25) is 0 Å². The summed E-state index contributed by atoms with van der Waals surface area (Å²) in [4.78, 5) is 2.35. The molecule has 1 fully saturated rings. The summed E-state index contributed by atoms with van der Waals surface area (Å²) in [7, 11) is 0. The maximum atomic E-state index is 13.6. The number of hydrogen-bond acceptors (Lipinski definition) is 2. The molecule has 0 saturated heterocycles. The summed E-state index contributed by atoms with van der Waals surface area (Å²) in [5.74, 6) is -0.159. The van der Waals surface area contributed by atoms with Gasteiger partial charge < -0.3 is 10.6 Å². The lowest BCUT2D eigenvalue weighted by molar-refractivity contribution is 0.612. The quantitative estimate of drug-likeness (QED) is 0.870. The molecule has 0 heterocycles. The van der Waals surface area contributed by atoms with Gasteiger partial charge in [-0.25, -0.2) is 4.39 Å². The van der Waals surface area contributed by atoms with E-state index in [1.165, 1.54) is 12.8 Å². The minimum Gasteiger partial charge on any atom is -0.369 e. The second kappa shape index (κ2) is 4.65. The Morgan fingerprint density at radius 1 is 1.47 bits per heavy atom. The first kappa shape index (κ1) is 12.4. The van der Waals surface area contributed by atoms with E-state index in [0.717, 1.165) is 17.8 Å². The fourth-order valence-electron chi connectivity index (χ4n) is 2.31. The van der Waals surface area contributed by atoms with Gasteiger partial charge >= 0.3 is 0 Å². The fraction of sp³-hybridized carbons (Fsp3) is 0.571. The third-order valence-electron chi connectivity index (χ3n) is 3.44. The molecule has 0 radical (unpaired) electrons. The van der Waals surface area contributed by atoms with Crippen molar-refractivity contribution < 1.29 is 4.39 Å². The van der Waals surface area contributed by atoms with E-state index in [1.54, 1.807) is 6.07 Å². The summed E-state index contributed by atoms with van der Waals surface area (Å²) in [6.45, 7) is 6.82. The van der Waals surface area contributed by atoms with E-state index in [0.29, 0.717) is 11.6 Å². The number of halogens is 1. The molecule has 0 amide bonds. The molecule has 1 atom stereocenters. The molecular weight excluding hydrogens is 215 g/mol. The topological polar surface area (TPSA) is 29.3 Å². The molecule has 1 aliphatic rings. The lowest BCUT2D eigenvalue weighted by atomic mass is 10.0. The lowest BCUT2D eigenvalue weighted by Crippen LogP contribution is -2.27. The van der Waals surface area contributed by atoms with E-state index in [-0.39, 0.29) is 11.9 Å². The van der Waals surface area contributed by atoms with Gasteiger partial charge in [0.15, 0.2) is 0 Å². The molecule has 0 aliphatic heterocycles.